The molecule has 0 amide bonds. The van der Waals surface area contributed by atoms with E-state index in [1.54, 1.807) is 20.8 Å². The van der Waals surface area contributed by atoms with Gasteiger partial charge in [0.05, 0.1) is 11.7 Å². The second kappa shape index (κ2) is 3.88. The second-order valence-corrected chi connectivity index (χ2v) is 5.40. The highest BCUT2D eigenvalue weighted by molar-refractivity contribution is 5.94. The minimum Gasteiger partial charge on any atom is -0.389 e. The molecule has 0 aromatic carbocycles. The number of allylic oxidation sites excluding steroid dienone is 1. The molecule has 0 unspecified atom stereocenters. The minimum atomic E-state index is -1.10. The lowest BCUT2D eigenvalue weighted by Gasteiger charge is -2.28. The Morgan fingerprint density at radius 3 is 2.41 bits per heavy atom. The highest BCUT2D eigenvalue weighted by Gasteiger charge is 2.54. The van der Waals surface area contributed by atoms with Crippen LogP contribution in [0.2, 0.25) is 0 Å². The van der Waals surface area contributed by atoms with Crippen LogP contribution >= 0.6 is 0 Å². The maximum absolute atomic E-state index is 11.6. The van der Waals surface area contributed by atoms with Gasteiger partial charge in [-0.15, -0.1) is 0 Å². The molecular formula is C12H18O5. The highest BCUT2D eigenvalue weighted by Crippen LogP contribution is 2.40. The number of aliphatic hydroxyl groups excluding tert-OH is 2. The smallest absolute Gasteiger partial charge is 0.161 e. The number of rotatable bonds is 2. The minimum absolute atomic E-state index is 0.220. The number of aliphatic hydroxyl groups is 3. The molecule has 1 saturated heterocycles. The van der Waals surface area contributed by atoms with Gasteiger partial charge >= 0.3 is 0 Å². The summed E-state index contributed by atoms with van der Waals surface area (Å²) in [5, 5.41) is 29.4. The number of hydrogen-bond acceptors (Lipinski definition) is 5. The van der Waals surface area contributed by atoms with Gasteiger partial charge in [-0.3, -0.25) is 4.79 Å². The summed E-state index contributed by atoms with van der Waals surface area (Å²) < 4.78 is 5.28. The Balaban J connectivity index is 2.18. The van der Waals surface area contributed by atoms with Gasteiger partial charge in [0.15, 0.2) is 5.78 Å². The second-order valence-electron chi connectivity index (χ2n) is 5.40. The van der Waals surface area contributed by atoms with Gasteiger partial charge in [-0.05, 0) is 25.5 Å². The van der Waals surface area contributed by atoms with Crippen LogP contribution in [-0.4, -0.2) is 51.1 Å². The Bertz CT molecular complexity index is 368. The topological polar surface area (TPSA) is 90.3 Å². The SMILES string of the molecule is C[C@H]1C(=O)C=C([C@H]2O[C@@H]2C(C)(C)O)[C@@H](O)[C@@H]1O. The van der Waals surface area contributed by atoms with Crippen molar-refractivity contribution in [2.75, 3.05) is 0 Å². The summed E-state index contributed by atoms with van der Waals surface area (Å²) in [6.07, 6.45) is -1.78. The first-order chi connectivity index (χ1) is 7.73. The fraction of sp³-hybridized carbons (Fsp3) is 0.750. The van der Waals surface area contributed by atoms with Gasteiger partial charge in [0, 0.05) is 5.92 Å². The van der Waals surface area contributed by atoms with Gasteiger partial charge in [0.1, 0.15) is 18.3 Å². The first kappa shape index (κ1) is 12.7. The molecule has 1 aliphatic heterocycles. The van der Waals surface area contributed by atoms with Crippen LogP contribution in [0, 0.1) is 5.92 Å². The lowest BCUT2D eigenvalue weighted by atomic mass is 9.82. The summed E-state index contributed by atoms with van der Waals surface area (Å²) >= 11 is 0. The molecule has 1 heterocycles. The molecule has 0 spiro atoms. The zero-order valence-corrected chi connectivity index (χ0v) is 10.1. The Morgan fingerprint density at radius 2 is 1.94 bits per heavy atom. The van der Waals surface area contributed by atoms with Crippen LogP contribution in [0.15, 0.2) is 11.6 Å². The summed E-state index contributed by atoms with van der Waals surface area (Å²) in [5.41, 5.74) is -0.657. The molecule has 5 nitrogen and oxygen atoms in total. The largest absolute Gasteiger partial charge is 0.389 e. The zero-order chi connectivity index (χ0) is 13.0. The van der Waals surface area contributed by atoms with E-state index in [9.17, 15) is 20.1 Å². The Kier molecular flexibility index (Phi) is 2.90. The first-order valence-electron chi connectivity index (χ1n) is 5.72. The normalized spacial score (nSPS) is 42.4. The van der Waals surface area contributed by atoms with Crippen LogP contribution in [0.25, 0.3) is 0 Å². The quantitative estimate of drug-likeness (QED) is 0.562. The van der Waals surface area contributed by atoms with Crippen LogP contribution < -0.4 is 0 Å². The molecule has 1 fully saturated rings. The first-order valence-corrected chi connectivity index (χ1v) is 5.72. The van der Waals surface area contributed by atoms with Crippen LogP contribution in [0.1, 0.15) is 20.8 Å². The monoisotopic (exact) mass is 242 g/mol. The number of hydrogen-bond donors (Lipinski definition) is 3. The molecule has 2 rings (SSSR count). The van der Waals surface area contributed by atoms with Gasteiger partial charge in [-0.1, -0.05) is 6.92 Å². The Labute approximate surface area is 99.7 Å². The molecule has 2 aliphatic rings. The van der Waals surface area contributed by atoms with E-state index in [0.29, 0.717) is 5.57 Å². The van der Waals surface area contributed by atoms with E-state index < -0.39 is 35.9 Å². The van der Waals surface area contributed by atoms with Gasteiger partial charge in [-0.2, -0.15) is 0 Å². The number of ether oxygens (including phenoxy) is 1. The predicted octanol–water partition coefficient (Wildman–Crippen LogP) is -0.608. The molecular weight excluding hydrogens is 224 g/mol. The van der Waals surface area contributed by atoms with Gasteiger partial charge in [0.25, 0.3) is 0 Å². The molecule has 0 aromatic heterocycles. The van der Waals surface area contributed by atoms with E-state index >= 15 is 0 Å². The van der Waals surface area contributed by atoms with E-state index in [1.165, 1.54) is 6.08 Å². The third kappa shape index (κ3) is 2.15. The lowest BCUT2D eigenvalue weighted by molar-refractivity contribution is -0.125. The van der Waals surface area contributed by atoms with E-state index in [1.807, 2.05) is 0 Å². The summed E-state index contributed by atoms with van der Waals surface area (Å²) in [6.45, 7) is 4.79. The molecule has 0 radical (unpaired) electrons. The average Bonchev–Trinajstić information content (AvgIpc) is 2.99. The zero-order valence-electron chi connectivity index (χ0n) is 10.1. The van der Waals surface area contributed by atoms with Crippen molar-refractivity contribution >= 4 is 5.78 Å². The molecule has 0 saturated carbocycles. The van der Waals surface area contributed by atoms with Gasteiger partial charge in [-0.25, -0.2) is 0 Å². The maximum Gasteiger partial charge on any atom is 0.161 e. The number of carbonyl (C=O) groups excluding carboxylic acids is 1. The van der Waals surface area contributed by atoms with Crippen molar-refractivity contribution in [2.24, 2.45) is 5.92 Å². The number of epoxide rings is 1. The molecule has 5 heteroatoms. The van der Waals surface area contributed by atoms with E-state index in [2.05, 4.69) is 0 Å². The van der Waals surface area contributed by atoms with Crippen LogP contribution in [0.5, 0.6) is 0 Å². The fourth-order valence-electron chi connectivity index (χ4n) is 2.17. The van der Waals surface area contributed by atoms with E-state index in [4.69, 9.17) is 4.74 Å². The van der Waals surface area contributed by atoms with Crippen LogP contribution in [0.3, 0.4) is 0 Å². The molecule has 0 bridgehead atoms. The Morgan fingerprint density at radius 1 is 1.35 bits per heavy atom. The van der Waals surface area contributed by atoms with E-state index in [0.717, 1.165) is 0 Å². The van der Waals surface area contributed by atoms with Crippen molar-refractivity contribution in [2.45, 2.75) is 50.8 Å². The van der Waals surface area contributed by atoms with Crippen molar-refractivity contribution in [1.82, 2.24) is 0 Å². The molecule has 5 atom stereocenters. The third-order valence-corrected chi connectivity index (χ3v) is 3.45. The standard InChI is InChI=1S/C12H18O5/c1-5-7(13)4-6(9(15)8(5)14)10-11(17-10)12(2,3)16/h4-5,8-11,14-16H,1-3H3/t5-,8+,9+,10+,11-/m0/s1. The maximum atomic E-state index is 11.6. The van der Waals surface area contributed by atoms with Crippen LogP contribution in [-0.2, 0) is 9.53 Å². The molecule has 96 valence electrons. The van der Waals surface area contributed by atoms with Gasteiger partial charge < -0.3 is 20.1 Å². The number of ketones is 1. The summed E-state index contributed by atoms with van der Waals surface area (Å²) in [7, 11) is 0. The van der Waals surface area contributed by atoms with Gasteiger partial charge in [0.2, 0.25) is 0 Å². The highest BCUT2D eigenvalue weighted by atomic mass is 16.6. The van der Waals surface area contributed by atoms with Crippen molar-refractivity contribution in [3.05, 3.63) is 11.6 Å². The molecule has 0 aromatic rings. The summed E-state index contributed by atoms with van der Waals surface area (Å²) in [5.74, 6) is -0.823. The van der Waals surface area contributed by atoms with Crippen molar-refractivity contribution < 1.29 is 24.9 Å². The molecule has 1 aliphatic carbocycles. The predicted molar refractivity (Wildman–Crippen MR) is 59.2 cm³/mol. The Hall–Kier alpha value is -0.750. The van der Waals surface area contributed by atoms with E-state index in [-0.39, 0.29) is 5.78 Å². The molecule has 3 N–H and O–H groups in total. The van der Waals surface area contributed by atoms with Crippen molar-refractivity contribution in [1.29, 1.82) is 0 Å². The lowest BCUT2D eigenvalue weighted by Crippen LogP contribution is -2.43. The third-order valence-electron chi connectivity index (χ3n) is 3.45. The molecule has 17 heavy (non-hydrogen) atoms. The van der Waals surface area contributed by atoms with Crippen molar-refractivity contribution in [3.8, 4) is 0 Å². The average molecular weight is 242 g/mol. The fourth-order valence-corrected chi connectivity index (χ4v) is 2.17. The summed E-state index contributed by atoms with van der Waals surface area (Å²) in [6, 6.07) is 0. The number of carbonyl (C=O) groups is 1. The van der Waals surface area contributed by atoms with Crippen LogP contribution in [0.4, 0.5) is 0 Å². The van der Waals surface area contributed by atoms with Crippen molar-refractivity contribution in [3.63, 3.8) is 0 Å². The summed E-state index contributed by atoms with van der Waals surface area (Å²) in [4.78, 5) is 11.6.